The fourth-order valence-electron chi connectivity index (χ4n) is 0.708. The predicted molar refractivity (Wildman–Crippen MR) is 45.0 cm³/mol. The van der Waals surface area contributed by atoms with Crippen molar-refractivity contribution in [2.75, 3.05) is 6.61 Å². The Labute approximate surface area is 67.3 Å². The van der Waals surface area contributed by atoms with Crippen molar-refractivity contribution in [3.63, 3.8) is 0 Å². The quantitative estimate of drug-likeness (QED) is 0.523. The molecule has 0 aromatic rings. The van der Waals surface area contributed by atoms with Gasteiger partial charge in [-0.25, -0.2) is 0 Å². The maximum atomic E-state index is 10.4. The smallest absolute Gasteiger partial charge is 0.322 e. The third-order valence-electron chi connectivity index (χ3n) is 1.09. The topological polar surface area (TPSA) is 69.6 Å². The van der Waals surface area contributed by atoms with Gasteiger partial charge in [-0.15, -0.1) is 0 Å². The first-order valence-electron chi connectivity index (χ1n) is 3.48. The number of carbonyl (C=O) groups is 1. The summed E-state index contributed by atoms with van der Waals surface area (Å²) in [5, 5.41) is 17.2. The summed E-state index contributed by atoms with van der Waals surface area (Å²) in [5.74, 6) is -0.991. The Morgan fingerprint density at radius 3 is 2.09 bits per heavy atom. The van der Waals surface area contributed by atoms with Gasteiger partial charge in [0.15, 0.2) is 0 Å². The zero-order valence-electron chi connectivity index (χ0n) is 7.09. The zero-order chi connectivity index (χ0) is 9.07. The molecule has 0 fully saturated rings. The molecule has 0 aliphatic rings. The molecular weight excluding hydrogens is 162 g/mol. The molecule has 0 heterocycles. The molecule has 0 aliphatic carbocycles. The van der Waals surface area contributed by atoms with Gasteiger partial charge in [-0.1, -0.05) is 19.6 Å². The van der Waals surface area contributed by atoms with Crippen molar-refractivity contribution in [1.82, 2.24) is 4.98 Å². The second-order valence-corrected chi connectivity index (χ2v) is 8.26. The minimum Gasteiger partial charge on any atom is -0.480 e. The van der Waals surface area contributed by atoms with E-state index < -0.39 is 20.2 Å². The van der Waals surface area contributed by atoms with Crippen LogP contribution in [0.25, 0.3) is 0 Å². The molecule has 0 saturated carbocycles. The van der Waals surface area contributed by atoms with Gasteiger partial charge >= 0.3 is 5.97 Å². The number of aliphatic carboxylic acids is 1. The summed E-state index contributed by atoms with van der Waals surface area (Å²) in [5.41, 5.74) is 0. The maximum Gasteiger partial charge on any atom is 0.322 e. The van der Waals surface area contributed by atoms with E-state index in [0.717, 1.165) is 0 Å². The summed E-state index contributed by atoms with van der Waals surface area (Å²) in [7, 11) is -1.59. The molecule has 0 spiro atoms. The van der Waals surface area contributed by atoms with Crippen LogP contribution in [-0.2, 0) is 4.79 Å². The van der Waals surface area contributed by atoms with Crippen LogP contribution in [0, 0.1) is 0 Å². The molecule has 11 heavy (non-hydrogen) atoms. The van der Waals surface area contributed by atoms with Gasteiger partial charge in [-0.05, 0) is 0 Å². The molecule has 0 rings (SSSR count). The third kappa shape index (κ3) is 4.94. The highest BCUT2D eigenvalue weighted by Crippen LogP contribution is 1.97. The van der Waals surface area contributed by atoms with Crippen LogP contribution in [-0.4, -0.2) is 37.1 Å². The van der Waals surface area contributed by atoms with Crippen molar-refractivity contribution in [2.24, 2.45) is 0 Å². The van der Waals surface area contributed by atoms with Crippen molar-refractivity contribution >= 4 is 14.2 Å². The SMILES string of the molecule is C[Si](C)(C)N[C@@H](CO)C(=O)O. The zero-order valence-corrected chi connectivity index (χ0v) is 8.09. The summed E-state index contributed by atoms with van der Waals surface area (Å²) in [4.78, 5) is 13.3. The molecule has 0 aromatic heterocycles. The van der Waals surface area contributed by atoms with E-state index in [1.807, 2.05) is 19.6 Å². The van der Waals surface area contributed by atoms with Gasteiger partial charge in [0.2, 0.25) is 0 Å². The average Bonchev–Trinajstić information content (AvgIpc) is 1.80. The number of carboxylic acid groups (broad SMARTS) is 1. The van der Waals surface area contributed by atoms with Crippen LogP contribution < -0.4 is 4.98 Å². The molecule has 0 bridgehead atoms. The van der Waals surface area contributed by atoms with Crippen LogP contribution in [0.2, 0.25) is 19.6 Å². The summed E-state index contributed by atoms with van der Waals surface area (Å²) in [6.45, 7) is 5.61. The standard InChI is InChI=1S/C6H15NO3Si/c1-11(2,3)7-5(4-8)6(9)10/h5,7-8H,4H2,1-3H3,(H,9,10)/t5-/m0/s1. The number of carboxylic acids is 1. The summed E-state index contributed by atoms with van der Waals surface area (Å²) < 4.78 is 0. The Morgan fingerprint density at radius 1 is 1.55 bits per heavy atom. The van der Waals surface area contributed by atoms with E-state index >= 15 is 0 Å². The van der Waals surface area contributed by atoms with Crippen molar-refractivity contribution in [1.29, 1.82) is 0 Å². The number of rotatable bonds is 4. The summed E-state index contributed by atoms with van der Waals surface area (Å²) >= 11 is 0. The van der Waals surface area contributed by atoms with E-state index in [1.165, 1.54) is 0 Å². The van der Waals surface area contributed by atoms with E-state index in [9.17, 15) is 4.79 Å². The highest BCUT2D eigenvalue weighted by Gasteiger charge is 2.23. The number of aliphatic hydroxyl groups is 1. The number of hydrogen-bond acceptors (Lipinski definition) is 3. The molecule has 5 heteroatoms. The fraction of sp³-hybridized carbons (Fsp3) is 0.833. The van der Waals surface area contributed by atoms with Crippen molar-refractivity contribution in [2.45, 2.75) is 25.7 Å². The highest BCUT2D eigenvalue weighted by molar-refractivity contribution is 6.73. The lowest BCUT2D eigenvalue weighted by Gasteiger charge is -2.22. The molecule has 66 valence electrons. The lowest BCUT2D eigenvalue weighted by Crippen LogP contribution is -2.52. The Kier molecular flexibility index (Phi) is 3.71. The lowest BCUT2D eigenvalue weighted by atomic mass is 10.3. The monoisotopic (exact) mass is 177 g/mol. The second-order valence-electron chi connectivity index (χ2n) is 3.47. The molecule has 0 saturated heterocycles. The van der Waals surface area contributed by atoms with Gasteiger partial charge in [-0.3, -0.25) is 4.79 Å². The Bertz CT molecular complexity index is 143. The summed E-state index contributed by atoms with van der Waals surface area (Å²) in [6.07, 6.45) is 0. The molecule has 3 N–H and O–H groups in total. The van der Waals surface area contributed by atoms with Crippen molar-refractivity contribution in [3.05, 3.63) is 0 Å². The molecule has 4 nitrogen and oxygen atoms in total. The van der Waals surface area contributed by atoms with E-state index in [2.05, 4.69) is 4.98 Å². The van der Waals surface area contributed by atoms with Crippen LogP contribution in [0.3, 0.4) is 0 Å². The van der Waals surface area contributed by atoms with E-state index in [4.69, 9.17) is 10.2 Å². The maximum absolute atomic E-state index is 10.4. The Balaban J connectivity index is 3.99. The second kappa shape index (κ2) is 3.84. The molecule has 1 atom stereocenters. The van der Waals surface area contributed by atoms with Gasteiger partial charge in [0, 0.05) is 0 Å². The van der Waals surface area contributed by atoms with Gasteiger partial charge < -0.3 is 15.2 Å². The van der Waals surface area contributed by atoms with Gasteiger partial charge in [0.05, 0.1) is 6.61 Å². The molecule has 0 amide bonds. The molecular formula is C6H15NO3Si. The van der Waals surface area contributed by atoms with Crippen LogP contribution >= 0.6 is 0 Å². The first-order chi connectivity index (χ1) is 4.87. The average molecular weight is 177 g/mol. The van der Waals surface area contributed by atoms with Crippen LogP contribution in [0.4, 0.5) is 0 Å². The number of nitrogens with one attached hydrogen (secondary N) is 1. The Morgan fingerprint density at radius 2 is 2.00 bits per heavy atom. The van der Waals surface area contributed by atoms with Crippen LogP contribution in [0.15, 0.2) is 0 Å². The van der Waals surface area contributed by atoms with Crippen LogP contribution in [0.5, 0.6) is 0 Å². The summed E-state index contributed by atoms with van der Waals surface area (Å²) in [6, 6.07) is -0.804. The molecule has 0 aliphatic heterocycles. The highest BCUT2D eigenvalue weighted by atomic mass is 28.3. The van der Waals surface area contributed by atoms with Gasteiger partial charge in [0.25, 0.3) is 0 Å². The van der Waals surface area contributed by atoms with Gasteiger partial charge in [-0.2, -0.15) is 0 Å². The lowest BCUT2D eigenvalue weighted by molar-refractivity contribution is -0.139. The minimum absolute atomic E-state index is 0.348. The van der Waals surface area contributed by atoms with E-state index in [-0.39, 0.29) is 6.61 Å². The molecule has 0 aromatic carbocycles. The number of hydrogen-bond donors (Lipinski definition) is 3. The minimum atomic E-state index is -1.59. The number of aliphatic hydroxyl groups excluding tert-OH is 1. The fourth-order valence-corrected chi connectivity index (χ4v) is 1.97. The normalized spacial score (nSPS) is 14.5. The largest absolute Gasteiger partial charge is 0.480 e. The molecule has 0 unspecified atom stereocenters. The first-order valence-corrected chi connectivity index (χ1v) is 6.98. The van der Waals surface area contributed by atoms with E-state index in [1.54, 1.807) is 0 Å². The molecule has 0 radical (unpaired) electrons. The van der Waals surface area contributed by atoms with Crippen molar-refractivity contribution < 1.29 is 15.0 Å². The first kappa shape index (κ1) is 10.6. The Hall–Kier alpha value is -0.393. The van der Waals surface area contributed by atoms with Crippen molar-refractivity contribution in [3.8, 4) is 0 Å². The predicted octanol–water partition coefficient (Wildman–Crippen LogP) is -0.144. The van der Waals surface area contributed by atoms with E-state index in [0.29, 0.717) is 0 Å². The van der Waals surface area contributed by atoms with Crippen LogP contribution in [0.1, 0.15) is 0 Å². The third-order valence-corrected chi connectivity index (χ3v) is 2.30. The van der Waals surface area contributed by atoms with Gasteiger partial charge in [0.1, 0.15) is 14.3 Å².